The molecule has 0 aromatic heterocycles. The minimum atomic E-state index is -0.216. The zero-order valence-corrected chi connectivity index (χ0v) is 12.4. The second-order valence-corrected chi connectivity index (χ2v) is 5.30. The number of carbonyl (C=O) groups excluding carboxylic acids is 1. The predicted molar refractivity (Wildman–Crippen MR) is 83.4 cm³/mol. The predicted octanol–water partition coefficient (Wildman–Crippen LogP) is 4.66. The largest absolute Gasteiger partial charge is 0.323 e. The summed E-state index contributed by atoms with van der Waals surface area (Å²) in [7, 11) is 1.73. The summed E-state index contributed by atoms with van der Waals surface area (Å²) in [5.41, 5.74) is 1.64. The normalized spacial score (nSPS) is 10.2. The molecule has 0 aliphatic heterocycles. The monoisotopic (exact) mass is 308 g/mol. The van der Waals surface area contributed by atoms with Crippen molar-refractivity contribution in [3.63, 3.8) is 0 Å². The Morgan fingerprint density at radius 1 is 1.10 bits per heavy atom. The molecule has 0 bridgehead atoms. The SMILES string of the molecule is CN(Cc1ccccc1)C(=O)Nc1cc(Cl)cc(Cl)c1. The maximum Gasteiger partial charge on any atom is 0.321 e. The fourth-order valence-corrected chi connectivity index (χ4v) is 2.30. The van der Waals surface area contributed by atoms with Crippen LogP contribution in [0.5, 0.6) is 0 Å². The highest BCUT2D eigenvalue weighted by atomic mass is 35.5. The summed E-state index contributed by atoms with van der Waals surface area (Å²) < 4.78 is 0. The Morgan fingerprint density at radius 2 is 1.70 bits per heavy atom. The first kappa shape index (κ1) is 14.7. The average molecular weight is 309 g/mol. The summed E-state index contributed by atoms with van der Waals surface area (Å²) in [6, 6.07) is 14.5. The molecule has 0 aliphatic rings. The number of halogens is 2. The summed E-state index contributed by atoms with van der Waals surface area (Å²) in [4.78, 5) is 13.7. The van der Waals surface area contributed by atoms with Crippen molar-refractivity contribution in [2.24, 2.45) is 0 Å². The quantitative estimate of drug-likeness (QED) is 0.879. The molecule has 2 aromatic carbocycles. The van der Waals surface area contributed by atoms with E-state index >= 15 is 0 Å². The zero-order valence-electron chi connectivity index (χ0n) is 10.9. The molecule has 0 saturated carbocycles. The van der Waals surface area contributed by atoms with Gasteiger partial charge in [0, 0.05) is 29.3 Å². The molecule has 2 amide bonds. The fraction of sp³-hybridized carbons (Fsp3) is 0.133. The Labute approximate surface area is 128 Å². The van der Waals surface area contributed by atoms with Gasteiger partial charge >= 0.3 is 6.03 Å². The standard InChI is InChI=1S/C15H14Cl2N2O/c1-19(10-11-5-3-2-4-6-11)15(20)18-14-8-12(16)7-13(17)9-14/h2-9H,10H2,1H3,(H,18,20). The Morgan fingerprint density at radius 3 is 2.30 bits per heavy atom. The van der Waals surface area contributed by atoms with Crippen LogP contribution in [-0.4, -0.2) is 18.0 Å². The van der Waals surface area contributed by atoms with Crippen LogP contribution in [0.25, 0.3) is 0 Å². The Kier molecular flexibility index (Phi) is 4.88. The number of benzene rings is 2. The lowest BCUT2D eigenvalue weighted by Crippen LogP contribution is -2.30. The van der Waals surface area contributed by atoms with Gasteiger partial charge in [-0.2, -0.15) is 0 Å². The van der Waals surface area contributed by atoms with E-state index in [9.17, 15) is 4.79 Å². The highest BCUT2D eigenvalue weighted by molar-refractivity contribution is 6.35. The first-order valence-corrected chi connectivity index (χ1v) is 6.82. The number of anilines is 1. The van der Waals surface area contributed by atoms with E-state index in [2.05, 4.69) is 5.32 Å². The van der Waals surface area contributed by atoms with Gasteiger partial charge in [-0.1, -0.05) is 53.5 Å². The molecule has 0 aliphatic carbocycles. The number of hydrogen-bond donors (Lipinski definition) is 1. The Balaban J connectivity index is 2.00. The van der Waals surface area contributed by atoms with Crippen molar-refractivity contribution in [1.29, 1.82) is 0 Å². The van der Waals surface area contributed by atoms with Crippen molar-refractivity contribution in [2.45, 2.75) is 6.54 Å². The van der Waals surface area contributed by atoms with E-state index in [4.69, 9.17) is 23.2 Å². The van der Waals surface area contributed by atoms with Crippen LogP contribution < -0.4 is 5.32 Å². The van der Waals surface area contributed by atoms with E-state index < -0.39 is 0 Å². The summed E-state index contributed by atoms with van der Waals surface area (Å²) in [6.07, 6.45) is 0. The molecule has 2 aromatic rings. The van der Waals surface area contributed by atoms with Gasteiger partial charge in [0.15, 0.2) is 0 Å². The highest BCUT2D eigenvalue weighted by Gasteiger charge is 2.10. The lowest BCUT2D eigenvalue weighted by Gasteiger charge is -2.18. The molecule has 5 heteroatoms. The molecule has 0 heterocycles. The average Bonchev–Trinajstić information content (AvgIpc) is 2.38. The third-order valence-electron chi connectivity index (χ3n) is 2.72. The molecule has 20 heavy (non-hydrogen) atoms. The number of amides is 2. The first-order chi connectivity index (χ1) is 9.54. The molecular weight excluding hydrogens is 295 g/mol. The number of nitrogens with one attached hydrogen (secondary N) is 1. The molecule has 0 atom stereocenters. The van der Waals surface area contributed by atoms with Crippen LogP contribution in [0.3, 0.4) is 0 Å². The fourth-order valence-electron chi connectivity index (χ4n) is 1.77. The first-order valence-electron chi connectivity index (χ1n) is 6.07. The maximum absolute atomic E-state index is 12.1. The van der Waals surface area contributed by atoms with Gasteiger partial charge in [-0.25, -0.2) is 4.79 Å². The molecule has 0 saturated heterocycles. The van der Waals surface area contributed by atoms with Gasteiger partial charge in [-0.3, -0.25) is 0 Å². The molecule has 1 N–H and O–H groups in total. The topological polar surface area (TPSA) is 32.3 Å². The minimum Gasteiger partial charge on any atom is -0.323 e. The lowest BCUT2D eigenvalue weighted by molar-refractivity contribution is 0.220. The van der Waals surface area contributed by atoms with Crippen molar-refractivity contribution >= 4 is 34.9 Å². The second kappa shape index (κ2) is 6.64. The lowest BCUT2D eigenvalue weighted by atomic mass is 10.2. The van der Waals surface area contributed by atoms with Crippen LogP contribution in [0.4, 0.5) is 10.5 Å². The van der Waals surface area contributed by atoms with Gasteiger partial charge in [0.1, 0.15) is 0 Å². The number of hydrogen-bond acceptors (Lipinski definition) is 1. The van der Waals surface area contributed by atoms with E-state index in [-0.39, 0.29) is 6.03 Å². The van der Waals surface area contributed by atoms with Crippen LogP contribution in [0.1, 0.15) is 5.56 Å². The summed E-state index contributed by atoms with van der Waals surface area (Å²) in [6.45, 7) is 0.529. The van der Waals surface area contributed by atoms with E-state index in [1.807, 2.05) is 30.3 Å². The number of nitrogens with zero attached hydrogens (tertiary/aromatic N) is 1. The van der Waals surface area contributed by atoms with Crippen molar-refractivity contribution in [3.05, 3.63) is 64.1 Å². The maximum atomic E-state index is 12.1. The van der Waals surface area contributed by atoms with E-state index in [1.165, 1.54) is 0 Å². The molecule has 0 fully saturated rings. The van der Waals surface area contributed by atoms with Crippen LogP contribution >= 0.6 is 23.2 Å². The Hall–Kier alpha value is -1.71. The number of carbonyl (C=O) groups is 1. The van der Waals surface area contributed by atoms with Gasteiger partial charge in [-0.05, 0) is 23.8 Å². The molecule has 0 radical (unpaired) electrons. The Bertz CT molecular complexity index is 582. The third-order valence-corrected chi connectivity index (χ3v) is 3.16. The van der Waals surface area contributed by atoms with Gasteiger partial charge in [0.2, 0.25) is 0 Å². The van der Waals surface area contributed by atoms with Crippen molar-refractivity contribution in [1.82, 2.24) is 4.90 Å². The van der Waals surface area contributed by atoms with Gasteiger partial charge < -0.3 is 10.2 Å². The van der Waals surface area contributed by atoms with Gasteiger partial charge in [0.05, 0.1) is 0 Å². The van der Waals surface area contributed by atoms with Crippen molar-refractivity contribution < 1.29 is 4.79 Å². The molecule has 0 spiro atoms. The van der Waals surface area contributed by atoms with Gasteiger partial charge in [-0.15, -0.1) is 0 Å². The molecule has 0 unspecified atom stereocenters. The summed E-state index contributed by atoms with van der Waals surface area (Å²) >= 11 is 11.8. The number of rotatable bonds is 3. The van der Waals surface area contributed by atoms with Gasteiger partial charge in [0.25, 0.3) is 0 Å². The van der Waals surface area contributed by atoms with Crippen molar-refractivity contribution in [2.75, 3.05) is 12.4 Å². The second-order valence-electron chi connectivity index (χ2n) is 4.43. The molecule has 2 rings (SSSR count). The smallest absolute Gasteiger partial charge is 0.321 e. The van der Waals surface area contributed by atoms with Crippen molar-refractivity contribution in [3.8, 4) is 0 Å². The van der Waals surface area contributed by atoms with Crippen LogP contribution in [0.15, 0.2) is 48.5 Å². The summed E-state index contributed by atoms with van der Waals surface area (Å²) in [5.74, 6) is 0. The molecular formula is C15H14Cl2N2O. The zero-order chi connectivity index (χ0) is 14.5. The summed E-state index contributed by atoms with van der Waals surface area (Å²) in [5, 5.41) is 3.73. The molecule has 3 nitrogen and oxygen atoms in total. The van der Waals surface area contributed by atoms with E-state index in [1.54, 1.807) is 30.1 Å². The van der Waals surface area contributed by atoms with Crippen LogP contribution in [0, 0.1) is 0 Å². The minimum absolute atomic E-state index is 0.216. The van der Waals surface area contributed by atoms with E-state index in [0.717, 1.165) is 5.56 Å². The molecule has 104 valence electrons. The highest BCUT2D eigenvalue weighted by Crippen LogP contribution is 2.22. The van der Waals surface area contributed by atoms with E-state index in [0.29, 0.717) is 22.3 Å². The van der Waals surface area contributed by atoms with Crippen LogP contribution in [-0.2, 0) is 6.54 Å². The third kappa shape index (κ3) is 4.15. The number of urea groups is 1. The van der Waals surface area contributed by atoms with Crippen LogP contribution in [0.2, 0.25) is 10.0 Å².